The van der Waals surface area contributed by atoms with Crippen LogP contribution in [0.5, 0.6) is 0 Å². The van der Waals surface area contributed by atoms with Gasteiger partial charge in [0.15, 0.2) is 5.82 Å². The van der Waals surface area contributed by atoms with E-state index >= 15 is 0 Å². The molecule has 2 rings (SSSR count). The third-order valence-electron chi connectivity index (χ3n) is 2.91. The second-order valence-corrected chi connectivity index (χ2v) is 4.13. The number of aryl methyl sites for hydroxylation is 1. The van der Waals surface area contributed by atoms with Crippen molar-refractivity contribution in [3.05, 3.63) is 5.82 Å². The fourth-order valence-electron chi connectivity index (χ4n) is 2.01. The Labute approximate surface area is 89.6 Å². The molecule has 0 saturated heterocycles. The minimum absolute atomic E-state index is 0.459. The molecule has 5 heteroatoms. The fraction of sp³-hybridized carbons (Fsp3) is 0.800. The monoisotopic (exact) mass is 210 g/mol. The normalized spacial score (nSPS) is 25.2. The molecule has 1 heterocycles. The molecule has 2 N–H and O–H groups in total. The van der Waals surface area contributed by atoms with Crippen LogP contribution in [0, 0.1) is 5.92 Å². The number of anilines is 1. The first kappa shape index (κ1) is 10.4. The second-order valence-electron chi connectivity index (χ2n) is 4.13. The smallest absolute Gasteiger partial charge is 0.218 e. The molecular weight excluding hydrogens is 192 g/mol. The first-order chi connectivity index (χ1) is 7.19. The molecule has 15 heavy (non-hydrogen) atoms. The van der Waals surface area contributed by atoms with Crippen LogP contribution in [0.3, 0.4) is 0 Å². The number of ether oxygens (including phenoxy) is 1. The van der Waals surface area contributed by atoms with Crippen LogP contribution in [-0.2, 0) is 18.2 Å². The first-order valence-corrected chi connectivity index (χ1v) is 5.46. The van der Waals surface area contributed by atoms with Crippen molar-refractivity contribution in [2.75, 3.05) is 12.3 Å². The summed E-state index contributed by atoms with van der Waals surface area (Å²) >= 11 is 0. The van der Waals surface area contributed by atoms with Gasteiger partial charge < -0.3 is 10.5 Å². The number of hydrogen-bond donors (Lipinski definition) is 1. The predicted molar refractivity (Wildman–Crippen MR) is 57.3 cm³/mol. The van der Waals surface area contributed by atoms with E-state index in [-0.39, 0.29) is 0 Å². The summed E-state index contributed by atoms with van der Waals surface area (Å²) in [6.07, 6.45) is 3.65. The zero-order chi connectivity index (χ0) is 10.8. The van der Waals surface area contributed by atoms with Crippen molar-refractivity contribution in [2.24, 2.45) is 13.0 Å². The topological polar surface area (TPSA) is 66.0 Å². The molecule has 0 aliphatic heterocycles. The van der Waals surface area contributed by atoms with E-state index in [1.54, 1.807) is 4.68 Å². The predicted octanol–water partition coefficient (Wildman–Crippen LogP) is 0.755. The average molecular weight is 210 g/mol. The summed E-state index contributed by atoms with van der Waals surface area (Å²) in [5.41, 5.74) is 5.62. The van der Waals surface area contributed by atoms with Gasteiger partial charge in [-0.1, -0.05) is 0 Å². The highest BCUT2D eigenvalue weighted by molar-refractivity contribution is 5.15. The highest BCUT2D eigenvalue weighted by atomic mass is 16.5. The minimum Gasteiger partial charge on any atom is -0.378 e. The molecule has 1 saturated carbocycles. The Bertz CT molecular complexity index is 311. The maximum atomic E-state index is 5.62. The maximum Gasteiger partial charge on any atom is 0.218 e. The van der Waals surface area contributed by atoms with Gasteiger partial charge in [0.2, 0.25) is 5.95 Å². The van der Waals surface area contributed by atoms with Crippen molar-refractivity contribution < 1.29 is 4.74 Å². The van der Waals surface area contributed by atoms with Crippen LogP contribution in [0.25, 0.3) is 0 Å². The SMILES string of the molecule is CCOC1CC(Cc2nc(N)n(C)n2)C1. The van der Waals surface area contributed by atoms with Gasteiger partial charge in [-0.15, -0.1) is 0 Å². The third kappa shape index (κ3) is 2.28. The van der Waals surface area contributed by atoms with Crippen molar-refractivity contribution in [3.63, 3.8) is 0 Å². The number of nitrogen functional groups attached to an aromatic ring is 1. The van der Waals surface area contributed by atoms with Gasteiger partial charge in [-0.3, -0.25) is 0 Å². The molecule has 5 nitrogen and oxygen atoms in total. The summed E-state index contributed by atoms with van der Waals surface area (Å²) in [4.78, 5) is 4.19. The molecule has 1 aliphatic rings. The lowest BCUT2D eigenvalue weighted by molar-refractivity contribution is -0.0245. The Morgan fingerprint density at radius 2 is 2.27 bits per heavy atom. The van der Waals surface area contributed by atoms with Crippen molar-refractivity contribution >= 4 is 5.95 Å². The van der Waals surface area contributed by atoms with Crippen molar-refractivity contribution in [2.45, 2.75) is 32.3 Å². The number of nitrogens with zero attached hydrogens (tertiary/aromatic N) is 3. The van der Waals surface area contributed by atoms with Crippen LogP contribution in [0.1, 0.15) is 25.6 Å². The number of aromatic nitrogens is 3. The highest BCUT2D eigenvalue weighted by Crippen LogP contribution is 2.32. The van der Waals surface area contributed by atoms with E-state index in [4.69, 9.17) is 10.5 Å². The Morgan fingerprint density at radius 1 is 1.53 bits per heavy atom. The fourth-order valence-corrected chi connectivity index (χ4v) is 2.01. The molecule has 0 radical (unpaired) electrons. The maximum absolute atomic E-state index is 5.62. The quantitative estimate of drug-likeness (QED) is 0.796. The summed E-state index contributed by atoms with van der Waals surface area (Å²) in [5.74, 6) is 2.02. The lowest BCUT2D eigenvalue weighted by atomic mass is 9.80. The summed E-state index contributed by atoms with van der Waals surface area (Å²) in [6, 6.07) is 0. The molecule has 0 unspecified atom stereocenters. The molecule has 1 fully saturated rings. The zero-order valence-electron chi connectivity index (χ0n) is 9.31. The standard InChI is InChI=1S/C10H18N4O/c1-3-15-8-4-7(5-8)6-9-12-10(11)14(2)13-9/h7-8H,3-6H2,1-2H3,(H2,11,12,13). The minimum atomic E-state index is 0.459. The van der Waals surface area contributed by atoms with Gasteiger partial charge in [0.05, 0.1) is 6.10 Å². The van der Waals surface area contributed by atoms with Crippen LogP contribution >= 0.6 is 0 Å². The van der Waals surface area contributed by atoms with Crippen molar-refractivity contribution in [1.82, 2.24) is 14.8 Å². The lowest BCUT2D eigenvalue weighted by Crippen LogP contribution is -2.32. The van der Waals surface area contributed by atoms with Gasteiger partial charge in [0.25, 0.3) is 0 Å². The molecule has 0 bridgehead atoms. The van der Waals surface area contributed by atoms with E-state index in [0.717, 1.165) is 31.7 Å². The molecule has 0 spiro atoms. The van der Waals surface area contributed by atoms with Crippen molar-refractivity contribution in [3.8, 4) is 0 Å². The van der Waals surface area contributed by atoms with Crippen LogP contribution < -0.4 is 5.73 Å². The van der Waals surface area contributed by atoms with E-state index in [1.807, 2.05) is 14.0 Å². The van der Waals surface area contributed by atoms with Gasteiger partial charge in [-0.05, 0) is 25.7 Å². The van der Waals surface area contributed by atoms with Gasteiger partial charge >= 0.3 is 0 Å². The summed E-state index contributed by atoms with van der Waals surface area (Å²) in [6.45, 7) is 2.85. The summed E-state index contributed by atoms with van der Waals surface area (Å²) < 4.78 is 7.12. The van der Waals surface area contributed by atoms with Crippen LogP contribution in [0.4, 0.5) is 5.95 Å². The molecular formula is C10H18N4O. The molecule has 0 aromatic carbocycles. The molecule has 1 aromatic heterocycles. The second kappa shape index (κ2) is 4.18. The first-order valence-electron chi connectivity index (χ1n) is 5.46. The van der Waals surface area contributed by atoms with Crippen LogP contribution in [0.15, 0.2) is 0 Å². The van der Waals surface area contributed by atoms with Gasteiger partial charge in [0, 0.05) is 20.1 Å². The Balaban J connectivity index is 1.80. The summed E-state index contributed by atoms with van der Waals surface area (Å²) in [7, 11) is 1.82. The summed E-state index contributed by atoms with van der Waals surface area (Å²) in [5, 5.41) is 4.24. The highest BCUT2D eigenvalue weighted by Gasteiger charge is 2.30. The molecule has 1 aliphatic carbocycles. The molecule has 0 atom stereocenters. The van der Waals surface area contributed by atoms with E-state index in [0.29, 0.717) is 18.0 Å². The number of nitrogens with two attached hydrogens (primary N) is 1. The van der Waals surface area contributed by atoms with Crippen LogP contribution in [-0.4, -0.2) is 27.5 Å². The average Bonchev–Trinajstić information content (AvgIpc) is 2.43. The molecule has 0 amide bonds. The van der Waals surface area contributed by atoms with Gasteiger partial charge in [0.1, 0.15) is 0 Å². The van der Waals surface area contributed by atoms with Gasteiger partial charge in [-0.25, -0.2) is 4.68 Å². The Kier molecular flexibility index (Phi) is 2.90. The third-order valence-corrected chi connectivity index (χ3v) is 2.91. The number of hydrogen-bond acceptors (Lipinski definition) is 4. The lowest BCUT2D eigenvalue weighted by Gasteiger charge is -2.34. The number of rotatable bonds is 4. The van der Waals surface area contributed by atoms with Gasteiger partial charge in [-0.2, -0.15) is 10.1 Å². The largest absolute Gasteiger partial charge is 0.378 e. The zero-order valence-corrected chi connectivity index (χ0v) is 9.31. The van der Waals surface area contributed by atoms with Crippen LogP contribution in [0.2, 0.25) is 0 Å². The van der Waals surface area contributed by atoms with E-state index in [2.05, 4.69) is 10.1 Å². The molecule has 84 valence electrons. The molecule has 1 aromatic rings. The Hall–Kier alpha value is -1.10. The Morgan fingerprint density at radius 3 is 2.80 bits per heavy atom. The van der Waals surface area contributed by atoms with E-state index in [1.165, 1.54) is 0 Å². The van der Waals surface area contributed by atoms with Crippen molar-refractivity contribution in [1.29, 1.82) is 0 Å². The van der Waals surface area contributed by atoms with E-state index in [9.17, 15) is 0 Å². The van der Waals surface area contributed by atoms with E-state index < -0.39 is 0 Å².